The molecular weight excluding hydrogens is 164 g/mol. The van der Waals surface area contributed by atoms with Crippen LogP contribution in [0, 0.1) is 5.41 Å². The van der Waals surface area contributed by atoms with E-state index in [1.165, 1.54) is 6.08 Å². The molecule has 0 bridgehead atoms. The first-order valence-electron chi connectivity index (χ1n) is 4.37. The third-order valence-electron chi connectivity index (χ3n) is 2.17. The lowest BCUT2D eigenvalue weighted by molar-refractivity contribution is -0.105. The van der Waals surface area contributed by atoms with Crippen molar-refractivity contribution < 1.29 is 9.59 Å². The van der Waals surface area contributed by atoms with Crippen molar-refractivity contribution in [3.63, 3.8) is 0 Å². The van der Waals surface area contributed by atoms with Gasteiger partial charge in [0.25, 0.3) is 0 Å². The zero-order valence-electron chi connectivity index (χ0n) is 8.04. The topological polar surface area (TPSA) is 34.1 Å². The molecule has 1 aliphatic carbocycles. The van der Waals surface area contributed by atoms with Crippen molar-refractivity contribution in [2.75, 3.05) is 0 Å². The summed E-state index contributed by atoms with van der Waals surface area (Å²) in [5.74, 6) is 0. The van der Waals surface area contributed by atoms with Crippen LogP contribution in [0.5, 0.6) is 0 Å². The van der Waals surface area contributed by atoms with Gasteiger partial charge in [0.15, 0.2) is 0 Å². The third-order valence-corrected chi connectivity index (χ3v) is 2.17. The standard InChI is InChI=1S/C11H14O2/c1-11(2)6-9(3-4-12)5-10(7-11)8-13/h3-5,8H,6-7H2,1-2H3. The first-order chi connectivity index (χ1) is 6.07. The summed E-state index contributed by atoms with van der Waals surface area (Å²) >= 11 is 0. The maximum absolute atomic E-state index is 10.6. The average molecular weight is 178 g/mol. The van der Waals surface area contributed by atoms with E-state index >= 15 is 0 Å². The first-order valence-corrected chi connectivity index (χ1v) is 4.37. The molecule has 1 aliphatic rings. The predicted molar refractivity (Wildman–Crippen MR) is 51.3 cm³/mol. The van der Waals surface area contributed by atoms with Gasteiger partial charge >= 0.3 is 0 Å². The van der Waals surface area contributed by atoms with Gasteiger partial charge in [0.2, 0.25) is 0 Å². The molecule has 0 unspecified atom stereocenters. The second-order valence-electron chi connectivity index (χ2n) is 4.23. The zero-order valence-corrected chi connectivity index (χ0v) is 8.04. The highest BCUT2D eigenvalue weighted by Gasteiger charge is 2.24. The Kier molecular flexibility index (Phi) is 2.81. The Morgan fingerprint density at radius 1 is 1.31 bits per heavy atom. The van der Waals surface area contributed by atoms with Gasteiger partial charge in [0, 0.05) is 0 Å². The molecule has 0 aliphatic heterocycles. The average Bonchev–Trinajstić information content (AvgIpc) is 2.02. The Bertz CT molecular complexity index is 282. The highest BCUT2D eigenvalue weighted by atomic mass is 16.1. The zero-order chi connectivity index (χ0) is 9.90. The SMILES string of the molecule is CC1(C)CC(=CC=O)C=C(C=O)C1. The van der Waals surface area contributed by atoms with Crippen LogP contribution in [0.25, 0.3) is 0 Å². The van der Waals surface area contributed by atoms with E-state index in [0.717, 1.165) is 36.6 Å². The van der Waals surface area contributed by atoms with E-state index in [-0.39, 0.29) is 5.41 Å². The van der Waals surface area contributed by atoms with Gasteiger partial charge in [-0.2, -0.15) is 0 Å². The molecule has 0 saturated carbocycles. The molecule has 0 heterocycles. The molecule has 2 nitrogen and oxygen atoms in total. The fourth-order valence-electron chi connectivity index (χ4n) is 1.78. The van der Waals surface area contributed by atoms with Crippen LogP contribution >= 0.6 is 0 Å². The van der Waals surface area contributed by atoms with Gasteiger partial charge in [0.1, 0.15) is 12.6 Å². The molecule has 2 heteroatoms. The number of rotatable bonds is 2. The Morgan fingerprint density at radius 3 is 2.54 bits per heavy atom. The predicted octanol–water partition coefficient (Wildman–Crippen LogP) is 2.06. The van der Waals surface area contributed by atoms with Gasteiger partial charge in [-0.3, -0.25) is 9.59 Å². The van der Waals surface area contributed by atoms with Crippen molar-refractivity contribution in [3.8, 4) is 0 Å². The lowest BCUT2D eigenvalue weighted by Gasteiger charge is -2.29. The molecule has 0 aromatic carbocycles. The van der Waals surface area contributed by atoms with Crippen LogP contribution in [-0.2, 0) is 9.59 Å². The summed E-state index contributed by atoms with van der Waals surface area (Å²) in [6, 6.07) is 0. The van der Waals surface area contributed by atoms with Gasteiger partial charge in [-0.05, 0) is 35.5 Å². The first kappa shape index (κ1) is 9.90. The van der Waals surface area contributed by atoms with E-state index in [1.807, 2.05) is 6.08 Å². The molecule has 0 fully saturated rings. The van der Waals surface area contributed by atoms with Crippen molar-refractivity contribution in [2.45, 2.75) is 26.7 Å². The maximum Gasteiger partial charge on any atom is 0.146 e. The fraction of sp³-hybridized carbons (Fsp3) is 0.455. The van der Waals surface area contributed by atoms with Crippen molar-refractivity contribution in [3.05, 3.63) is 23.3 Å². The summed E-state index contributed by atoms with van der Waals surface area (Å²) < 4.78 is 0. The van der Waals surface area contributed by atoms with Crippen molar-refractivity contribution >= 4 is 12.6 Å². The molecule has 0 amide bonds. The van der Waals surface area contributed by atoms with Crippen LogP contribution in [-0.4, -0.2) is 12.6 Å². The van der Waals surface area contributed by atoms with E-state index in [2.05, 4.69) is 13.8 Å². The number of hydrogen-bond donors (Lipinski definition) is 0. The number of hydrogen-bond acceptors (Lipinski definition) is 2. The molecule has 1 rings (SSSR count). The number of aldehydes is 2. The Hall–Kier alpha value is -1.18. The second-order valence-corrected chi connectivity index (χ2v) is 4.23. The van der Waals surface area contributed by atoms with E-state index < -0.39 is 0 Å². The monoisotopic (exact) mass is 178 g/mol. The molecule has 0 aromatic rings. The maximum atomic E-state index is 10.6. The molecule has 13 heavy (non-hydrogen) atoms. The molecule has 0 radical (unpaired) electrons. The van der Waals surface area contributed by atoms with Crippen LogP contribution in [0.4, 0.5) is 0 Å². The molecule has 0 aromatic heterocycles. The lowest BCUT2D eigenvalue weighted by atomic mass is 9.75. The number of carbonyl (C=O) groups is 2. The Labute approximate surface area is 78.3 Å². The summed E-state index contributed by atoms with van der Waals surface area (Å²) in [7, 11) is 0. The van der Waals surface area contributed by atoms with Crippen molar-refractivity contribution in [1.29, 1.82) is 0 Å². The molecule has 0 N–H and O–H groups in total. The summed E-state index contributed by atoms with van der Waals surface area (Å²) in [6.45, 7) is 4.20. The van der Waals surface area contributed by atoms with Crippen LogP contribution in [0.2, 0.25) is 0 Å². The third kappa shape index (κ3) is 2.65. The van der Waals surface area contributed by atoms with E-state index in [0.29, 0.717) is 0 Å². The molecule has 0 atom stereocenters. The fourth-order valence-corrected chi connectivity index (χ4v) is 1.78. The van der Waals surface area contributed by atoms with Crippen molar-refractivity contribution in [2.24, 2.45) is 5.41 Å². The van der Waals surface area contributed by atoms with E-state index in [9.17, 15) is 9.59 Å². The summed E-state index contributed by atoms with van der Waals surface area (Å²) in [5.41, 5.74) is 1.83. The number of carbonyl (C=O) groups excluding carboxylic acids is 2. The quantitative estimate of drug-likeness (QED) is 0.479. The van der Waals surface area contributed by atoms with E-state index in [4.69, 9.17) is 0 Å². The minimum Gasteiger partial charge on any atom is -0.299 e. The smallest absolute Gasteiger partial charge is 0.146 e. The van der Waals surface area contributed by atoms with Crippen LogP contribution in [0.3, 0.4) is 0 Å². The Balaban J connectivity index is 2.96. The molecular formula is C11H14O2. The minimum atomic E-state index is 0.0971. The Morgan fingerprint density at radius 2 is 2.00 bits per heavy atom. The van der Waals surface area contributed by atoms with Gasteiger partial charge in [0.05, 0.1) is 0 Å². The van der Waals surface area contributed by atoms with E-state index in [1.54, 1.807) is 0 Å². The van der Waals surface area contributed by atoms with Crippen LogP contribution < -0.4 is 0 Å². The summed E-state index contributed by atoms with van der Waals surface area (Å²) in [5, 5.41) is 0. The molecule has 0 saturated heterocycles. The highest BCUT2D eigenvalue weighted by Crippen LogP contribution is 2.36. The normalized spacial score (nSPS) is 23.8. The molecule has 0 spiro atoms. The second kappa shape index (κ2) is 3.69. The highest BCUT2D eigenvalue weighted by molar-refractivity contribution is 5.76. The van der Waals surface area contributed by atoms with Crippen LogP contribution in [0.1, 0.15) is 26.7 Å². The van der Waals surface area contributed by atoms with Gasteiger partial charge in [-0.25, -0.2) is 0 Å². The van der Waals surface area contributed by atoms with Gasteiger partial charge in [-0.1, -0.05) is 19.9 Å². The molecule has 70 valence electrons. The minimum absolute atomic E-state index is 0.0971. The summed E-state index contributed by atoms with van der Waals surface area (Å²) in [4.78, 5) is 20.9. The summed E-state index contributed by atoms with van der Waals surface area (Å²) in [6.07, 6.45) is 6.65. The number of allylic oxidation sites excluding steroid dienone is 4. The van der Waals surface area contributed by atoms with Gasteiger partial charge < -0.3 is 0 Å². The van der Waals surface area contributed by atoms with Crippen molar-refractivity contribution in [1.82, 2.24) is 0 Å². The van der Waals surface area contributed by atoms with Gasteiger partial charge in [-0.15, -0.1) is 0 Å². The largest absolute Gasteiger partial charge is 0.299 e. The van der Waals surface area contributed by atoms with Crippen LogP contribution in [0.15, 0.2) is 23.3 Å². The lowest BCUT2D eigenvalue weighted by Crippen LogP contribution is -2.17.